The average molecular weight is 726 g/mol. The standard InChI is InChI=1S/C39H52ClN3O6S/c1-8-11-25(3)26(4)50(47,42-37(46)49-38(5,6)7)41-36(45)28-14-18-35-33(21-28)43(22-29-13-16-31(29)34(44)9-2)23-39(24-48-35)19-10-12-27-20-30(40)15-17-32(27)39/h8-9,14-15,17-18,20-21,25-26,29,31,34,44H,1-2,10-13,16,19,22-24H2,3-7H3,(H,41,42,45,46,47). The summed E-state index contributed by atoms with van der Waals surface area (Å²) in [5.41, 5.74) is 2.26. The Bertz CT molecular complexity index is 1750. The number of nitrogens with one attached hydrogen (secondary N) is 1. The summed E-state index contributed by atoms with van der Waals surface area (Å²) in [6.07, 6.45) is 7.09. The van der Waals surface area contributed by atoms with Gasteiger partial charge in [-0.25, -0.2) is 13.7 Å². The Hall–Kier alpha value is -3.34. The van der Waals surface area contributed by atoms with Crippen molar-refractivity contribution in [2.45, 2.75) is 95.5 Å². The van der Waals surface area contributed by atoms with Crippen molar-refractivity contribution in [3.05, 3.63) is 83.4 Å². The van der Waals surface area contributed by atoms with Crippen LogP contribution in [0, 0.1) is 17.8 Å². The molecule has 0 bridgehead atoms. The van der Waals surface area contributed by atoms with Gasteiger partial charge >= 0.3 is 6.09 Å². The maximum absolute atomic E-state index is 14.4. The van der Waals surface area contributed by atoms with Crippen LogP contribution in [0.25, 0.3) is 0 Å². The molecular formula is C39H52ClN3O6S. The highest BCUT2D eigenvalue weighted by Gasteiger charge is 2.44. The predicted molar refractivity (Wildman–Crippen MR) is 200 cm³/mol. The van der Waals surface area contributed by atoms with Gasteiger partial charge in [0.05, 0.1) is 23.6 Å². The number of anilines is 1. The molecule has 2 aliphatic carbocycles. The zero-order valence-corrected chi connectivity index (χ0v) is 31.5. The highest BCUT2D eigenvalue weighted by atomic mass is 35.5. The second-order valence-electron chi connectivity index (χ2n) is 15.3. The Kier molecular flexibility index (Phi) is 11.4. The first-order valence-electron chi connectivity index (χ1n) is 17.6. The van der Waals surface area contributed by atoms with Gasteiger partial charge in [-0.2, -0.15) is 0 Å². The number of amides is 2. The minimum absolute atomic E-state index is 0.0935. The SMILES string of the molecule is C=CCC(C)C(C)S(=O)(=NC(=O)c1ccc2c(c1)N(CC1CCC1C(O)C=C)CC1(CCCc3cc(Cl)ccc31)CO2)NC(=O)OC(C)(C)C. The molecule has 2 aromatic rings. The molecule has 50 heavy (non-hydrogen) atoms. The largest absolute Gasteiger partial charge is 0.490 e. The summed E-state index contributed by atoms with van der Waals surface area (Å²) in [5, 5.41) is 10.7. The number of carbonyl (C=O) groups is 2. The molecule has 9 nitrogen and oxygen atoms in total. The minimum atomic E-state index is -3.63. The molecule has 1 fully saturated rings. The molecule has 3 aliphatic rings. The third kappa shape index (κ3) is 8.24. The molecular weight excluding hydrogens is 674 g/mol. The van der Waals surface area contributed by atoms with Gasteiger partial charge in [0.15, 0.2) is 0 Å². The lowest BCUT2D eigenvalue weighted by atomic mass is 9.68. The zero-order chi connectivity index (χ0) is 36.4. The van der Waals surface area contributed by atoms with Crippen LogP contribution in [0.15, 0.2) is 66.1 Å². The summed E-state index contributed by atoms with van der Waals surface area (Å²) in [6.45, 7) is 18.1. The van der Waals surface area contributed by atoms with Crippen molar-refractivity contribution in [2.75, 3.05) is 24.6 Å². The van der Waals surface area contributed by atoms with E-state index in [0.29, 0.717) is 36.9 Å². The number of halogens is 1. The second kappa shape index (κ2) is 15.1. The van der Waals surface area contributed by atoms with Crippen molar-refractivity contribution >= 4 is 39.2 Å². The molecule has 5 rings (SSSR count). The van der Waals surface area contributed by atoms with Crippen LogP contribution >= 0.6 is 11.6 Å². The molecule has 272 valence electrons. The maximum Gasteiger partial charge on any atom is 0.420 e. The Morgan fingerprint density at radius 3 is 2.64 bits per heavy atom. The molecule has 7 unspecified atom stereocenters. The molecule has 7 atom stereocenters. The van der Waals surface area contributed by atoms with Crippen LogP contribution in [-0.4, -0.2) is 58.0 Å². The molecule has 2 amide bonds. The fourth-order valence-corrected chi connectivity index (χ4v) is 9.50. The smallest absolute Gasteiger partial charge is 0.420 e. The number of benzene rings is 2. The van der Waals surface area contributed by atoms with E-state index in [4.69, 9.17) is 21.1 Å². The van der Waals surface area contributed by atoms with Crippen molar-refractivity contribution in [3.8, 4) is 5.75 Å². The Morgan fingerprint density at radius 1 is 1.22 bits per heavy atom. The molecule has 1 spiro atoms. The Balaban J connectivity index is 1.55. The van der Waals surface area contributed by atoms with Gasteiger partial charge in [-0.1, -0.05) is 36.7 Å². The lowest BCUT2D eigenvalue weighted by molar-refractivity contribution is 0.0459. The number of ether oxygens (including phenoxy) is 2. The van der Waals surface area contributed by atoms with Gasteiger partial charge in [0.2, 0.25) is 0 Å². The van der Waals surface area contributed by atoms with Crippen molar-refractivity contribution in [1.29, 1.82) is 0 Å². The monoisotopic (exact) mass is 725 g/mol. The predicted octanol–water partition coefficient (Wildman–Crippen LogP) is 8.03. The number of nitrogens with zero attached hydrogens (tertiary/aromatic N) is 2. The summed E-state index contributed by atoms with van der Waals surface area (Å²) in [6, 6.07) is 11.3. The van der Waals surface area contributed by atoms with Crippen LogP contribution in [0.4, 0.5) is 10.5 Å². The zero-order valence-electron chi connectivity index (χ0n) is 30.0. The Morgan fingerprint density at radius 2 is 1.98 bits per heavy atom. The van der Waals surface area contributed by atoms with E-state index in [-0.39, 0.29) is 28.7 Å². The highest BCUT2D eigenvalue weighted by molar-refractivity contribution is 7.93. The molecule has 1 heterocycles. The third-order valence-corrected chi connectivity index (χ3v) is 13.2. The number of hydrogen-bond acceptors (Lipinski definition) is 7. The topological polar surface area (TPSA) is 118 Å². The normalized spacial score (nSPS) is 24.4. The second-order valence-corrected chi connectivity index (χ2v) is 18.0. The number of rotatable bonds is 10. The van der Waals surface area contributed by atoms with E-state index in [0.717, 1.165) is 37.8 Å². The van der Waals surface area contributed by atoms with E-state index in [2.05, 4.69) is 39.3 Å². The molecule has 2 aromatic carbocycles. The third-order valence-electron chi connectivity index (χ3n) is 10.6. The number of fused-ring (bicyclic) bond motifs is 3. The van der Waals surface area contributed by atoms with Crippen LogP contribution < -0.4 is 14.4 Å². The molecule has 11 heteroatoms. The van der Waals surface area contributed by atoms with E-state index in [1.807, 2.05) is 13.0 Å². The van der Waals surface area contributed by atoms with Gasteiger partial charge in [0.1, 0.15) is 21.3 Å². The first-order chi connectivity index (χ1) is 23.6. The molecule has 2 N–H and O–H groups in total. The average Bonchev–Trinajstić information content (AvgIpc) is 3.18. The van der Waals surface area contributed by atoms with Gasteiger partial charge in [-0.05, 0) is 125 Å². The molecule has 1 saturated carbocycles. The lowest BCUT2D eigenvalue weighted by Gasteiger charge is -2.45. The van der Waals surface area contributed by atoms with Crippen molar-refractivity contribution in [1.82, 2.24) is 4.72 Å². The lowest BCUT2D eigenvalue weighted by Crippen LogP contribution is -2.49. The number of allylic oxidation sites excluding steroid dienone is 1. The van der Waals surface area contributed by atoms with Crippen molar-refractivity contribution in [2.24, 2.45) is 22.1 Å². The summed E-state index contributed by atoms with van der Waals surface area (Å²) in [5.74, 6) is 0.0309. The van der Waals surface area contributed by atoms with Gasteiger partial charge in [-0.15, -0.1) is 17.5 Å². The first kappa shape index (κ1) is 37.9. The molecule has 0 radical (unpaired) electrons. The Labute approximate surface area is 302 Å². The van der Waals surface area contributed by atoms with E-state index in [1.54, 1.807) is 58.0 Å². The summed E-state index contributed by atoms with van der Waals surface area (Å²) < 4.78 is 33.1. The highest BCUT2D eigenvalue weighted by Crippen LogP contribution is 2.46. The first-order valence-corrected chi connectivity index (χ1v) is 19.6. The van der Waals surface area contributed by atoms with Crippen LogP contribution in [0.2, 0.25) is 5.02 Å². The number of carbonyl (C=O) groups excluding carboxylic acids is 2. The quantitative estimate of drug-likeness (QED) is 0.238. The maximum atomic E-state index is 14.4. The van der Waals surface area contributed by atoms with Gasteiger partial charge in [-0.3, -0.25) is 4.79 Å². The molecule has 1 aliphatic heterocycles. The van der Waals surface area contributed by atoms with E-state index < -0.39 is 38.9 Å². The fraction of sp³-hybridized carbons (Fsp3) is 0.538. The van der Waals surface area contributed by atoms with Crippen LogP contribution in [0.1, 0.15) is 88.2 Å². The van der Waals surface area contributed by atoms with Gasteiger partial charge in [0, 0.05) is 29.1 Å². The minimum Gasteiger partial charge on any atom is -0.490 e. The summed E-state index contributed by atoms with van der Waals surface area (Å²) in [7, 11) is -3.63. The van der Waals surface area contributed by atoms with Gasteiger partial charge in [0.25, 0.3) is 5.91 Å². The van der Waals surface area contributed by atoms with E-state index >= 15 is 0 Å². The van der Waals surface area contributed by atoms with E-state index in [1.165, 1.54) is 11.1 Å². The molecule has 0 saturated heterocycles. The van der Waals surface area contributed by atoms with Gasteiger partial charge < -0.3 is 19.5 Å². The number of hydrogen-bond donors (Lipinski definition) is 2. The van der Waals surface area contributed by atoms with Crippen LogP contribution in [0.5, 0.6) is 5.75 Å². The summed E-state index contributed by atoms with van der Waals surface area (Å²) >= 11 is 6.42. The number of aliphatic hydroxyl groups is 1. The fourth-order valence-electron chi connectivity index (χ4n) is 7.54. The van der Waals surface area contributed by atoms with Crippen LogP contribution in [0.3, 0.4) is 0 Å². The summed E-state index contributed by atoms with van der Waals surface area (Å²) in [4.78, 5) is 29.1. The van der Waals surface area contributed by atoms with Crippen molar-refractivity contribution < 1.29 is 28.4 Å². The van der Waals surface area contributed by atoms with Crippen LogP contribution in [-0.2, 0) is 26.5 Å². The van der Waals surface area contributed by atoms with Crippen molar-refractivity contribution in [3.63, 3.8) is 0 Å². The number of aliphatic hydroxyl groups excluding tert-OH is 1. The van der Waals surface area contributed by atoms with E-state index in [9.17, 15) is 18.9 Å². The molecule has 0 aromatic heterocycles. The number of aryl methyl sites for hydroxylation is 1.